The minimum absolute atomic E-state index is 0.121. The highest BCUT2D eigenvalue weighted by Crippen LogP contribution is 2.40. The van der Waals surface area contributed by atoms with Gasteiger partial charge in [-0.25, -0.2) is 4.39 Å². The molecule has 0 aliphatic heterocycles. The van der Waals surface area contributed by atoms with E-state index in [9.17, 15) is 4.39 Å². The summed E-state index contributed by atoms with van der Waals surface area (Å²) in [5.41, 5.74) is 1.46. The fraction of sp³-hybridized carbons (Fsp3) is 0.571. The fourth-order valence-electron chi connectivity index (χ4n) is 2.87. The molecule has 2 rings (SSSR count). The van der Waals surface area contributed by atoms with E-state index >= 15 is 0 Å². The van der Waals surface area contributed by atoms with E-state index in [0.29, 0.717) is 11.5 Å². The van der Waals surface area contributed by atoms with E-state index < -0.39 is 0 Å². The quantitative estimate of drug-likeness (QED) is 0.826. The van der Waals surface area contributed by atoms with Crippen molar-refractivity contribution in [3.8, 4) is 0 Å². The first-order chi connectivity index (χ1) is 7.61. The molecule has 0 radical (unpaired) electrons. The summed E-state index contributed by atoms with van der Waals surface area (Å²) in [6, 6.07) is 7.65. The zero-order valence-electron chi connectivity index (χ0n) is 10.1. The lowest BCUT2D eigenvalue weighted by atomic mass is 9.82. The Morgan fingerprint density at radius 2 is 2.31 bits per heavy atom. The van der Waals surface area contributed by atoms with Crippen LogP contribution in [0.4, 0.5) is 4.39 Å². The van der Waals surface area contributed by atoms with Crippen molar-refractivity contribution in [3.63, 3.8) is 0 Å². The summed E-state index contributed by atoms with van der Waals surface area (Å²) >= 11 is 0. The molecule has 2 atom stereocenters. The molecule has 0 amide bonds. The summed E-state index contributed by atoms with van der Waals surface area (Å²) in [6.45, 7) is 2.31. The van der Waals surface area contributed by atoms with E-state index in [1.807, 2.05) is 13.1 Å². The van der Waals surface area contributed by atoms with Gasteiger partial charge in [-0.15, -0.1) is 0 Å². The average molecular weight is 221 g/mol. The topological polar surface area (TPSA) is 12.0 Å². The van der Waals surface area contributed by atoms with E-state index in [1.165, 1.54) is 25.3 Å². The monoisotopic (exact) mass is 221 g/mol. The van der Waals surface area contributed by atoms with Crippen LogP contribution in [0.1, 0.15) is 31.7 Å². The normalized spacial score (nSPS) is 29.6. The number of benzene rings is 1. The first kappa shape index (κ1) is 11.6. The van der Waals surface area contributed by atoms with Gasteiger partial charge in [-0.1, -0.05) is 19.1 Å². The van der Waals surface area contributed by atoms with Crippen molar-refractivity contribution in [2.24, 2.45) is 5.41 Å². The van der Waals surface area contributed by atoms with Gasteiger partial charge in [0.05, 0.1) is 0 Å². The zero-order chi connectivity index (χ0) is 11.6. The number of hydrogen-bond donors (Lipinski definition) is 1. The van der Waals surface area contributed by atoms with Gasteiger partial charge in [-0.05, 0) is 55.8 Å². The second-order valence-corrected chi connectivity index (χ2v) is 5.35. The fourth-order valence-corrected chi connectivity index (χ4v) is 2.87. The predicted octanol–water partition coefficient (Wildman–Crippen LogP) is 3.15. The summed E-state index contributed by atoms with van der Waals surface area (Å²) in [6.07, 6.45) is 4.65. The highest BCUT2D eigenvalue weighted by Gasteiger charge is 2.34. The molecule has 0 heterocycles. The molecule has 0 saturated heterocycles. The van der Waals surface area contributed by atoms with Gasteiger partial charge < -0.3 is 5.32 Å². The van der Waals surface area contributed by atoms with Gasteiger partial charge in [-0.3, -0.25) is 0 Å². The Kier molecular flexibility index (Phi) is 3.29. The van der Waals surface area contributed by atoms with Crippen molar-refractivity contribution in [2.45, 2.75) is 38.6 Å². The SMILES string of the molecule is CNC1CCC(C)(Cc2cccc(F)c2)C1. The van der Waals surface area contributed by atoms with E-state index in [-0.39, 0.29) is 5.82 Å². The van der Waals surface area contributed by atoms with Crippen molar-refractivity contribution in [3.05, 3.63) is 35.6 Å². The number of rotatable bonds is 3. The van der Waals surface area contributed by atoms with Gasteiger partial charge in [0, 0.05) is 6.04 Å². The summed E-state index contributed by atoms with van der Waals surface area (Å²) in [5, 5.41) is 3.34. The molecule has 0 spiro atoms. The molecule has 1 fully saturated rings. The van der Waals surface area contributed by atoms with Gasteiger partial charge in [0.25, 0.3) is 0 Å². The summed E-state index contributed by atoms with van der Waals surface area (Å²) < 4.78 is 13.1. The Balaban J connectivity index is 2.04. The van der Waals surface area contributed by atoms with Crippen LogP contribution in [0.3, 0.4) is 0 Å². The molecule has 1 saturated carbocycles. The third kappa shape index (κ3) is 2.62. The highest BCUT2D eigenvalue weighted by atomic mass is 19.1. The Morgan fingerprint density at radius 1 is 1.50 bits per heavy atom. The molecule has 16 heavy (non-hydrogen) atoms. The maximum atomic E-state index is 13.1. The molecular formula is C14H20FN. The van der Waals surface area contributed by atoms with Gasteiger partial charge in [0.1, 0.15) is 5.82 Å². The van der Waals surface area contributed by atoms with Gasteiger partial charge in [0.15, 0.2) is 0 Å². The first-order valence-electron chi connectivity index (χ1n) is 6.03. The van der Waals surface area contributed by atoms with Crippen molar-refractivity contribution in [2.75, 3.05) is 7.05 Å². The molecule has 1 aliphatic carbocycles. The van der Waals surface area contributed by atoms with Gasteiger partial charge >= 0.3 is 0 Å². The van der Waals surface area contributed by atoms with E-state index in [0.717, 1.165) is 12.0 Å². The Morgan fingerprint density at radius 3 is 2.94 bits per heavy atom. The predicted molar refractivity (Wildman–Crippen MR) is 64.9 cm³/mol. The second-order valence-electron chi connectivity index (χ2n) is 5.35. The maximum absolute atomic E-state index is 13.1. The van der Waals surface area contributed by atoms with Crippen molar-refractivity contribution in [1.29, 1.82) is 0 Å². The van der Waals surface area contributed by atoms with Crippen LogP contribution < -0.4 is 5.32 Å². The summed E-state index contributed by atoms with van der Waals surface area (Å²) in [4.78, 5) is 0. The summed E-state index contributed by atoms with van der Waals surface area (Å²) in [5.74, 6) is -0.121. The molecule has 1 aliphatic rings. The Labute approximate surface area is 97.1 Å². The molecule has 1 aromatic rings. The van der Waals surface area contributed by atoms with Crippen LogP contribution in [0.2, 0.25) is 0 Å². The second kappa shape index (κ2) is 4.54. The molecule has 1 N–H and O–H groups in total. The largest absolute Gasteiger partial charge is 0.317 e. The van der Waals surface area contributed by atoms with Crippen LogP contribution in [0.25, 0.3) is 0 Å². The highest BCUT2D eigenvalue weighted by molar-refractivity contribution is 5.18. The van der Waals surface area contributed by atoms with Crippen molar-refractivity contribution >= 4 is 0 Å². The molecule has 88 valence electrons. The molecular weight excluding hydrogens is 201 g/mol. The van der Waals surface area contributed by atoms with Crippen LogP contribution in [0.15, 0.2) is 24.3 Å². The Hall–Kier alpha value is -0.890. The lowest BCUT2D eigenvalue weighted by molar-refractivity contribution is 0.324. The van der Waals surface area contributed by atoms with Crippen LogP contribution >= 0.6 is 0 Å². The first-order valence-corrected chi connectivity index (χ1v) is 6.03. The van der Waals surface area contributed by atoms with Crippen LogP contribution in [-0.4, -0.2) is 13.1 Å². The third-order valence-electron chi connectivity index (χ3n) is 3.76. The molecule has 1 nitrogen and oxygen atoms in total. The molecule has 2 unspecified atom stereocenters. The maximum Gasteiger partial charge on any atom is 0.123 e. The molecule has 0 bridgehead atoms. The lowest BCUT2D eigenvalue weighted by Crippen LogP contribution is -2.24. The van der Waals surface area contributed by atoms with Crippen LogP contribution in [0, 0.1) is 11.2 Å². The molecule has 2 heteroatoms. The average Bonchev–Trinajstić information content (AvgIpc) is 2.60. The summed E-state index contributed by atoms with van der Waals surface area (Å²) in [7, 11) is 2.03. The zero-order valence-corrected chi connectivity index (χ0v) is 10.1. The number of halogens is 1. The van der Waals surface area contributed by atoms with E-state index in [4.69, 9.17) is 0 Å². The standard InChI is InChI=1S/C14H20FN/c1-14(7-6-13(10-14)16-2)9-11-4-3-5-12(15)8-11/h3-5,8,13,16H,6-7,9-10H2,1-2H3. The third-order valence-corrected chi connectivity index (χ3v) is 3.76. The van der Waals surface area contributed by atoms with Crippen LogP contribution in [0.5, 0.6) is 0 Å². The number of nitrogens with one attached hydrogen (secondary N) is 1. The molecule has 0 aromatic heterocycles. The van der Waals surface area contributed by atoms with Gasteiger partial charge in [-0.2, -0.15) is 0 Å². The van der Waals surface area contributed by atoms with Crippen molar-refractivity contribution < 1.29 is 4.39 Å². The van der Waals surface area contributed by atoms with Crippen LogP contribution in [-0.2, 0) is 6.42 Å². The number of hydrogen-bond acceptors (Lipinski definition) is 1. The Bertz CT molecular complexity index is 364. The smallest absolute Gasteiger partial charge is 0.123 e. The lowest BCUT2D eigenvalue weighted by Gasteiger charge is -2.24. The minimum atomic E-state index is -0.121. The van der Waals surface area contributed by atoms with Crippen molar-refractivity contribution in [1.82, 2.24) is 5.32 Å². The van der Waals surface area contributed by atoms with Gasteiger partial charge in [0.2, 0.25) is 0 Å². The molecule has 1 aromatic carbocycles. The van der Waals surface area contributed by atoms with E-state index in [1.54, 1.807) is 12.1 Å². The minimum Gasteiger partial charge on any atom is -0.317 e. The van der Waals surface area contributed by atoms with E-state index in [2.05, 4.69) is 12.2 Å².